The van der Waals surface area contributed by atoms with E-state index in [1.54, 1.807) is 0 Å². The molecule has 0 heterocycles. The lowest BCUT2D eigenvalue weighted by Crippen LogP contribution is -2.32. The summed E-state index contributed by atoms with van der Waals surface area (Å²) >= 11 is 0. The first-order valence-electron chi connectivity index (χ1n) is 7.47. The van der Waals surface area contributed by atoms with Gasteiger partial charge in [0.15, 0.2) is 0 Å². The number of aryl methyl sites for hydroxylation is 1. The quantitative estimate of drug-likeness (QED) is 0.541. The lowest BCUT2D eigenvalue weighted by Gasteiger charge is -2.13. The fourth-order valence-corrected chi connectivity index (χ4v) is 1.91. The summed E-state index contributed by atoms with van der Waals surface area (Å²) in [6.07, 6.45) is 3.36. The first-order valence-corrected chi connectivity index (χ1v) is 7.47. The topological polar surface area (TPSA) is 61.7 Å². The summed E-state index contributed by atoms with van der Waals surface area (Å²) in [4.78, 5) is 0. The molecule has 0 aliphatic heterocycles. The second kappa shape index (κ2) is 10.7. The van der Waals surface area contributed by atoms with Crippen molar-refractivity contribution in [1.82, 2.24) is 5.32 Å². The molecule has 0 spiro atoms. The van der Waals surface area contributed by atoms with E-state index in [0.29, 0.717) is 13.2 Å². The van der Waals surface area contributed by atoms with E-state index in [1.807, 2.05) is 18.2 Å². The Hall–Kier alpha value is -1.10. The molecule has 0 amide bonds. The van der Waals surface area contributed by atoms with Gasteiger partial charge in [-0.1, -0.05) is 19.1 Å². The smallest absolute Gasteiger partial charge is 0.119 e. The zero-order valence-electron chi connectivity index (χ0n) is 12.3. The van der Waals surface area contributed by atoms with Gasteiger partial charge in [-0.25, -0.2) is 0 Å². The molecule has 0 aliphatic rings. The molecule has 1 rings (SSSR count). The largest absolute Gasteiger partial charge is 0.491 e. The van der Waals surface area contributed by atoms with E-state index in [1.165, 1.54) is 5.56 Å². The van der Waals surface area contributed by atoms with Crippen LogP contribution in [0.3, 0.4) is 0 Å². The van der Waals surface area contributed by atoms with Crippen LogP contribution in [-0.2, 0) is 6.42 Å². The Morgan fingerprint density at radius 3 is 2.85 bits per heavy atom. The lowest BCUT2D eigenvalue weighted by molar-refractivity contribution is 0.106. The minimum Gasteiger partial charge on any atom is -0.491 e. The van der Waals surface area contributed by atoms with Crippen molar-refractivity contribution in [3.05, 3.63) is 29.8 Å². The van der Waals surface area contributed by atoms with Crippen molar-refractivity contribution in [2.24, 2.45) is 0 Å². The Balaban J connectivity index is 2.11. The molecule has 1 aromatic rings. The summed E-state index contributed by atoms with van der Waals surface area (Å²) in [5.74, 6) is 0.811. The molecule has 0 bridgehead atoms. The lowest BCUT2D eigenvalue weighted by atomic mass is 10.2. The predicted octanol–water partition coefficient (Wildman–Crippen LogP) is 1.74. The number of ether oxygens (including phenoxy) is 1. The fourth-order valence-electron chi connectivity index (χ4n) is 1.91. The number of hydrogen-bond acceptors (Lipinski definition) is 4. The van der Waals surface area contributed by atoms with Crippen LogP contribution < -0.4 is 10.1 Å². The molecule has 20 heavy (non-hydrogen) atoms. The van der Waals surface area contributed by atoms with Crippen LogP contribution >= 0.6 is 0 Å². The molecule has 1 aromatic carbocycles. The van der Waals surface area contributed by atoms with Crippen LogP contribution in [0.5, 0.6) is 5.75 Å². The number of rotatable bonds is 11. The third-order valence-electron chi connectivity index (χ3n) is 3.14. The molecule has 1 unspecified atom stereocenters. The Morgan fingerprint density at radius 1 is 1.25 bits per heavy atom. The predicted molar refractivity (Wildman–Crippen MR) is 81.1 cm³/mol. The van der Waals surface area contributed by atoms with Crippen molar-refractivity contribution in [2.75, 3.05) is 26.3 Å². The number of aliphatic hydroxyl groups excluding tert-OH is 2. The Bertz CT molecular complexity index is 357. The van der Waals surface area contributed by atoms with Crippen molar-refractivity contribution in [1.29, 1.82) is 0 Å². The Morgan fingerprint density at radius 2 is 2.10 bits per heavy atom. The minimum absolute atomic E-state index is 0.257. The summed E-state index contributed by atoms with van der Waals surface area (Å²) < 4.78 is 5.58. The first-order chi connectivity index (χ1) is 9.76. The molecule has 0 aliphatic carbocycles. The van der Waals surface area contributed by atoms with E-state index in [9.17, 15) is 5.11 Å². The Kier molecular flexibility index (Phi) is 9.04. The van der Waals surface area contributed by atoms with Crippen LogP contribution in [-0.4, -0.2) is 42.6 Å². The van der Waals surface area contributed by atoms with Gasteiger partial charge in [-0.3, -0.25) is 0 Å². The summed E-state index contributed by atoms with van der Waals surface area (Å²) in [7, 11) is 0. The van der Waals surface area contributed by atoms with Crippen molar-refractivity contribution < 1.29 is 14.9 Å². The molecular weight excluding hydrogens is 254 g/mol. The molecule has 0 saturated heterocycles. The monoisotopic (exact) mass is 281 g/mol. The van der Waals surface area contributed by atoms with Crippen molar-refractivity contribution in [2.45, 2.75) is 38.7 Å². The van der Waals surface area contributed by atoms with Gasteiger partial charge in [0, 0.05) is 13.2 Å². The SMILES string of the molecule is CCc1cccc(OCC(O)CNCCCCCO)c1. The molecule has 114 valence electrons. The average molecular weight is 281 g/mol. The molecule has 0 radical (unpaired) electrons. The molecule has 0 fully saturated rings. The van der Waals surface area contributed by atoms with Gasteiger partial charge in [-0.05, 0) is 49.9 Å². The van der Waals surface area contributed by atoms with E-state index in [-0.39, 0.29) is 6.61 Å². The highest BCUT2D eigenvalue weighted by molar-refractivity contribution is 5.28. The van der Waals surface area contributed by atoms with Crippen LogP contribution in [0.15, 0.2) is 24.3 Å². The van der Waals surface area contributed by atoms with Crippen LogP contribution in [0.2, 0.25) is 0 Å². The van der Waals surface area contributed by atoms with Gasteiger partial charge >= 0.3 is 0 Å². The van der Waals surface area contributed by atoms with Crippen LogP contribution in [0.1, 0.15) is 31.7 Å². The number of unbranched alkanes of at least 4 members (excludes halogenated alkanes) is 2. The van der Waals surface area contributed by atoms with E-state index in [2.05, 4.69) is 18.3 Å². The standard InChI is InChI=1S/C16H27NO3/c1-2-14-7-6-8-16(11-14)20-13-15(19)12-17-9-4-3-5-10-18/h6-8,11,15,17-19H,2-5,9-10,12-13H2,1H3. The van der Waals surface area contributed by atoms with Gasteiger partial charge in [-0.2, -0.15) is 0 Å². The van der Waals surface area contributed by atoms with Gasteiger partial charge in [0.1, 0.15) is 18.5 Å². The van der Waals surface area contributed by atoms with Gasteiger partial charge < -0.3 is 20.3 Å². The highest BCUT2D eigenvalue weighted by Crippen LogP contribution is 2.13. The average Bonchev–Trinajstić information content (AvgIpc) is 2.49. The minimum atomic E-state index is -0.502. The number of benzene rings is 1. The van der Waals surface area contributed by atoms with E-state index >= 15 is 0 Å². The Labute approximate surface area is 121 Å². The second-order valence-corrected chi connectivity index (χ2v) is 4.95. The molecule has 0 saturated carbocycles. The summed E-state index contributed by atoms with van der Waals surface area (Å²) in [5.41, 5.74) is 1.24. The third-order valence-corrected chi connectivity index (χ3v) is 3.14. The highest BCUT2D eigenvalue weighted by Gasteiger charge is 2.05. The maximum absolute atomic E-state index is 9.81. The van der Waals surface area contributed by atoms with E-state index < -0.39 is 6.10 Å². The zero-order valence-corrected chi connectivity index (χ0v) is 12.3. The molecule has 1 atom stereocenters. The number of hydrogen-bond donors (Lipinski definition) is 3. The van der Waals surface area contributed by atoms with Gasteiger partial charge in [0.25, 0.3) is 0 Å². The number of nitrogens with one attached hydrogen (secondary N) is 1. The van der Waals surface area contributed by atoms with Gasteiger partial charge in [-0.15, -0.1) is 0 Å². The maximum Gasteiger partial charge on any atom is 0.119 e. The molecule has 4 heteroatoms. The zero-order chi connectivity index (χ0) is 14.6. The summed E-state index contributed by atoms with van der Waals surface area (Å²) in [6, 6.07) is 7.96. The number of aliphatic hydroxyl groups is 2. The van der Waals surface area contributed by atoms with Crippen LogP contribution in [0.4, 0.5) is 0 Å². The van der Waals surface area contributed by atoms with E-state index in [4.69, 9.17) is 9.84 Å². The molecular formula is C16H27NO3. The molecule has 3 N–H and O–H groups in total. The summed E-state index contributed by atoms with van der Waals surface area (Å²) in [6.45, 7) is 4.06. The third kappa shape index (κ3) is 7.48. The van der Waals surface area contributed by atoms with Crippen LogP contribution in [0, 0.1) is 0 Å². The molecule has 4 nitrogen and oxygen atoms in total. The normalized spacial score (nSPS) is 12.3. The highest BCUT2D eigenvalue weighted by atomic mass is 16.5. The first kappa shape index (κ1) is 17.0. The molecule has 0 aromatic heterocycles. The van der Waals surface area contributed by atoms with Crippen LogP contribution in [0.25, 0.3) is 0 Å². The van der Waals surface area contributed by atoms with Gasteiger partial charge in [0.2, 0.25) is 0 Å². The second-order valence-electron chi connectivity index (χ2n) is 4.95. The van der Waals surface area contributed by atoms with Gasteiger partial charge in [0.05, 0.1) is 0 Å². The fraction of sp³-hybridized carbons (Fsp3) is 0.625. The van der Waals surface area contributed by atoms with Crippen molar-refractivity contribution in [3.8, 4) is 5.75 Å². The van der Waals surface area contributed by atoms with E-state index in [0.717, 1.165) is 38.0 Å². The maximum atomic E-state index is 9.81. The summed E-state index contributed by atoms with van der Waals surface area (Å²) in [5, 5.41) is 21.7. The van der Waals surface area contributed by atoms with Crippen molar-refractivity contribution >= 4 is 0 Å². The van der Waals surface area contributed by atoms with Crippen molar-refractivity contribution in [3.63, 3.8) is 0 Å².